The van der Waals surface area contributed by atoms with Gasteiger partial charge in [0.2, 0.25) is 0 Å². The maximum absolute atomic E-state index is 5.13. The van der Waals surface area contributed by atoms with Crippen LogP contribution in [-0.2, 0) is 4.74 Å². The maximum atomic E-state index is 5.13. The average Bonchev–Trinajstić information content (AvgIpc) is 2.67. The molecule has 2 nitrogen and oxygen atoms in total. The van der Waals surface area contributed by atoms with Crippen molar-refractivity contribution in [3.63, 3.8) is 0 Å². The lowest BCUT2D eigenvalue weighted by Gasteiger charge is -2.05. The van der Waals surface area contributed by atoms with E-state index in [1.54, 1.807) is 7.11 Å². The topological polar surface area (TPSA) is 21.6 Å². The third-order valence-electron chi connectivity index (χ3n) is 2.42. The molecule has 0 aliphatic carbocycles. The minimum atomic E-state index is 0.290. The van der Waals surface area contributed by atoms with Crippen molar-refractivity contribution in [3.8, 4) is 0 Å². The van der Waals surface area contributed by atoms with Crippen LogP contribution in [0.1, 0.15) is 24.4 Å². The Morgan fingerprint density at radius 3 is 2.64 bits per heavy atom. The second kappa shape index (κ2) is 4.13. The zero-order chi connectivity index (χ0) is 9.97. The van der Waals surface area contributed by atoms with Crippen LogP contribution < -0.4 is 0 Å². The van der Waals surface area contributed by atoms with Gasteiger partial charge < -0.3 is 4.74 Å². The SMILES string of the molecule is COC1=NC(c2ccc(Br)cc2)CC1. The molecule has 14 heavy (non-hydrogen) atoms. The molecular formula is C11H12BrNO. The Morgan fingerprint density at radius 1 is 1.36 bits per heavy atom. The summed E-state index contributed by atoms with van der Waals surface area (Å²) < 4.78 is 6.23. The van der Waals surface area contributed by atoms with Crippen molar-refractivity contribution in [3.05, 3.63) is 34.3 Å². The molecule has 1 aromatic carbocycles. The van der Waals surface area contributed by atoms with Gasteiger partial charge in [0.05, 0.1) is 13.2 Å². The highest BCUT2D eigenvalue weighted by Crippen LogP contribution is 2.29. The lowest BCUT2D eigenvalue weighted by molar-refractivity contribution is 0.395. The van der Waals surface area contributed by atoms with Crippen LogP contribution in [0.2, 0.25) is 0 Å². The average molecular weight is 254 g/mol. The smallest absolute Gasteiger partial charge is 0.183 e. The Morgan fingerprint density at radius 2 is 2.07 bits per heavy atom. The van der Waals surface area contributed by atoms with Gasteiger partial charge in [-0.2, -0.15) is 0 Å². The van der Waals surface area contributed by atoms with E-state index in [0.29, 0.717) is 0 Å². The Labute approximate surface area is 92.1 Å². The third kappa shape index (κ3) is 1.98. The number of hydrogen-bond donors (Lipinski definition) is 0. The highest BCUT2D eigenvalue weighted by atomic mass is 79.9. The first kappa shape index (κ1) is 9.71. The number of ether oxygens (including phenoxy) is 1. The minimum Gasteiger partial charge on any atom is -0.484 e. The van der Waals surface area contributed by atoms with E-state index in [1.165, 1.54) is 5.56 Å². The molecule has 3 heteroatoms. The standard InChI is InChI=1S/C11H12BrNO/c1-14-11-7-6-10(13-11)8-2-4-9(12)5-3-8/h2-5,10H,6-7H2,1H3. The van der Waals surface area contributed by atoms with Gasteiger partial charge in [-0.05, 0) is 24.1 Å². The van der Waals surface area contributed by atoms with Gasteiger partial charge in [0, 0.05) is 10.9 Å². The van der Waals surface area contributed by atoms with Gasteiger partial charge in [0.25, 0.3) is 0 Å². The number of nitrogens with zero attached hydrogens (tertiary/aromatic N) is 1. The van der Waals surface area contributed by atoms with E-state index in [2.05, 4.69) is 45.2 Å². The predicted molar refractivity (Wildman–Crippen MR) is 60.6 cm³/mol. The summed E-state index contributed by atoms with van der Waals surface area (Å²) >= 11 is 3.42. The summed E-state index contributed by atoms with van der Waals surface area (Å²) in [5.74, 6) is 0.873. The zero-order valence-corrected chi connectivity index (χ0v) is 9.62. The molecule has 1 atom stereocenters. The fourth-order valence-corrected chi connectivity index (χ4v) is 1.91. The van der Waals surface area contributed by atoms with Crippen molar-refractivity contribution >= 4 is 21.8 Å². The van der Waals surface area contributed by atoms with Crippen molar-refractivity contribution < 1.29 is 4.74 Å². The first-order chi connectivity index (χ1) is 6.79. The second-order valence-corrected chi connectivity index (χ2v) is 4.25. The number of aliphatic imine (C=N–C) groups is 1. The van der Waals surface area contributed by atoms with Crippen LogP contribution in [0.5, 0.6) is 0 Å². The molecular weight excluding hydrogens is 242 g/mol. The molecule has 1 aromatic rings. The van der Waals surface area contributed by atoms with Crippen LogP contribution in [0.25, 0.3) is 0 Å². The molecule has 0 saturated carbocycles. The molecule has 0 aromatic heterocycles. The molecule has 2 rings (SSSR count). The number of methoxy groups -OCH3 is 1. The number of benzene rings is 1. The van der Waals surface area contributed by atoms with Crippen molar-refractivity contribution in [1.82, 2.24) is 0 Å². The summed E-state index contributed by atoms with van der Waals surface area (Å²) in [5, 5.41) is 0. The van der Waals surface area contributed by atoms with Crippen molar-refractivity contribution in [2.24, 2.45) is 4.99 Å². The third-order valence-corrected chi connectivity index (χ3v) is 2.95. The highest BCUT2D eigenvalue weighted by molar-refractivity contribution is 9.10. The molecule has 0 amide bonds. The Hall–Kier alpha value is -0.830. The maximum Gasteiger partial charge on any atom is 0.183 e. The van der Waals surface area contributed by atoms with Crippen LogP contribution in [-0.4, -0.2) is 13.0 Å². The molecule has 0 fully saturated rings. The lowest BCUT2D eigenvalue weighted by Crippen LogP contribution is -1.93. The molecule has 0 radical (unpaired) electrons. The summed E-state index contributed by atoms with van der Waals surface area (Å²) in [6.45, 7) is 0. The van der Waals surface area contributed by atoms with E-state index in [1.807, 2.05) is 0 Å². The predicted octanol–water partition coefficient (Wildman–Crippen LogP) is 3.33. The molecule has 1 aliphatic rings. The van der Waals surface area contributed by atoms with Crippen molar-refractivity contribution in [1.29, 1.82) is 0 Å². The van der Waals surface area contributed by atoms with Crippen LogP contribution in [0.15, 0.2) is 33.7 Å². The molecule has 0 N–H and O–H groups in total. The summed E-state index contributed by atoms with van der Waals surface area (Å²) in [7, 11) is 1.68. The summed E-state index contributed by atoms with van der Waals surface area (Å²) in [4.78, 5) is 4.49. The first-order valence-corrected chi connectivity index (χ1v) is 5.45. The normalized spacial score (nSPS) is 20.7. The van der Waals surface area contributed by atoms with Gasteiger partial charge in [-0.3, -0.25) is 0 Å². The molecule has 0 bridgehead atoms. The summed E-state index contributed by atoms with van der Waals surface area (Å²) in [5.41, 5.74) is 1.26. The fourth-order valence-electron chi connectivity index (χ4n) is 1.64. The minimum absolute atomic E-state index is 0.290. The van der Waals surface area contributed by atoms with Gasteiger partial charge in [-0.15, -0.1) is 0 Å². The van der Waals surface area contributed by atoms with E-state index < -0.39 is 0 Å². The second-order valence-electron chi connectivity index (χ2n) is 3.33. The first-order valence-electron chi connectivity index (χ1n) is 4.66. The van der Waals surface area contributed by atoms with Gasteiger partial charge in [0.15, 0.2) is 5.90 Å². The van der Waals surface area contributed by atoms with Crippen molar-refractivity contribution in [2.45, 2.75) is 18.9 Å². The highest BCUT2D eigenvalue weighted by Gasteiger charge is 2.19. The van der Waals surface area contributed by atoms with E-state index in [-0.39, 0.29) is 6.04 Å². The monoisotopic (exact) mass is 253 g/mol. The Balaban J connectivity index is 2.17. The van der Waals surface area contributed by atoms with Gasteiger partial charge in [-0.1, -0.05) is 28.1 Å². The largest absolute Gasteiger partial charge is 0.484 e. The van der Waals surface area contributed by atoms with Gasteiger partial charge in [0.1, 0.15) is 0 Å². The lowest BCUT2D eigenvalue weighted by atomic mass is 10.1. The van der Waals surface area contributed by atoms with Crippen LogP contribution in [0.3, 0.4) is 0 Å². The van der Waals surface area contributed by atoms with Crippen LogP contribution in [0, 0.1) is 0 Å². The van der Waals surface area contributed by atoms with Gasteiger partial charge in [-0.25, -0.2) is 4.99 Å². The molecule has 1 unspecified atom stereocenters. The van der Waals surface area contributed by atoms with Crippen LogP contribution >= 0.6 is 15.9 Å². The molecule has 74 valence electrons. The number of halogens is 1. The van der Waals surface area contributed by atoms with E-state index >= 15 is 0 Å². The Bertz CT molecular complexity index is 345. The number of rotatable bonds is 1. The number of hydrogen-bond acceptors (Lipinski definition) is 2. The molecule has 1 aliphatic heterocycles. The zero-order valence-electron chi connectivity index (χ0n) is 8.03. The quantitative estimate of drug-likeness (QED) is 0.753. The summed E-state index contributed by atoms with van der Waals surface area (Å²) in [6.07, 6.45) is 2.02. The van der Waals surface area contributed by atoms with E-state index in [0.717, 1.165) is 23.2 Å². The van der Waals surface area contributed by atoms with Crippen molar-refractivity contribution in [2.75, 3.05) is 7.11 Å². The fraction of sp³-hybridized carbons (Fsp3) is 0.364. The van der Waals surface area contributed by atoms with E-state index in [4.69, 9.17) is 4.74 Å². The molecule has 0 spiro atoms. The molecule has 0 saturated heterocycles. The van der Waals surface area contributed by atoms with Gasteiger partial charge >= 0.3 is 0 Å². The van der Waals surface area contributed by atoms with E-state index in [9.17, 15) is 0 Å². The Kier molecular flexibility index (Phi) is 2.87. The van der Waals surface area contributed by atoms with Crippen LogP contribution in [0.4, 0.5) is 0 Å². The molecule has 1 heterocycles. The summed E-state index contributed by atoms with van der Waals surface area (Å²) in [6, 6.07) is 8.61.